The average molecular weight is 415 g/mol. The number of aryl methyl sites for hydroxylation is 1. The fourth-order valence-corrected chi connectivity index (χ4v) is 4.32. The minimum atomic E-state index is -3.69. The predicted molar refractivity (Wildman–Crippen MR) is 115 cm³/mol. The van der Waals surface area contributed by atoms with Crippen molar-refractivity contribution in [2.45, 2.75) is 31.1 Å². The van der Waals surface area contributed by atoms with Crippen LogP contribution < -0.4 is 0 Å². The van der Waals surface area contributed by atoms with Crippen molar-refractivity contribution in [2.24, 2.45) is 0 Å². The van der Waals surface area contributed by atoms with Crippen molar-refractivity contribution < 1.29 is 8.42 Å². The minimum absolute atomic E-state index is 0.253. The van der Waals surface area contributed by atoms with Crippen LogP contribution in [0.2, 0.25) is 0 Å². The Labute approximate surface area is 171 Å². The number of nitrogens with zero attached hydrogens (tertiary/aromatic N) is 1. The number of hydrogen-bond acceptors (Lipinski definition) is 2. The molecule has 1 aromatic heterocycles. The van der Waals surface area contributed by atoms with Crippen molar-refractivity contribution in [1.29, 1.82) is 0 Å². The van der Waals surface area contributed by atoms with Gasteiger partial charge in [0.25, 0.3) is 10.0 Å². The summed E-state index contributed by atoms with van der Waals surface area (Å²) in [5.74, 6) is 3.45. The van der Waals surface area contributed by atoms with Gasteiger partial charge in [0, 0.05) is 42.0 Å². The maximum atomic E-state index is 13.1. The first-order valence-electron chi connectivity index (χ1n) is 9.21. The zero-order valence-electron chi connectivity index (χ0n) is 15.8. The van der Waals surface area contributed by atoms with E-state index in [0.717, 1.165) is 28.5 Å². The second-order valence-corrected chi connectivity index (χ2v) is 8.82. The number of H-pyrrole nitrogens is 1. The predicted octanol–water partition coefficient (Wildman–Crippen LogP) is 4.69. The largest absolute Gasteiger partial charge is 0.361 e. The molecule has 0 aliphatic heterocycles. The first-order chi connectivity index (χ1) is 13.5. The number of aromatic nitrogens is 1. The Hall–Kier alpha value is -2.42. The molecule has 6 heteroatoms. The van der Waals surface area contributed by atoms with E-state index in [1.165, 1.54) is 4.31 Å². The highest BCUT2D eigenvalue weighted by molar-refractivity contribution is 7.89. The van der Waals surface area contributed by atoms with Gasteiger partial charge in [0.05, 0.1) is 4.90 Å². The second-order valence-electron chi connectivity index (χ2n) is 6.58. The maximum absolute atomic E-state index is 13.1. The van der Waals surface area contributed by atoms with Gasteiger partial charge >= 0.3 is 0 Å². The van der Waals surface area contributed by atoms with Crippen LogP contribution in [0.4, 0.5) is 0 Å². The second kappa shape index (κ2) is 9.18. The van der Waals surface area contributed by atoms with Crippen LogP contribution in [0.5, 0.6) is 0 Å². The first-order valence-corrected chi connectivity index (χ1v) is 11.2. The topological polar surface area (TPSA) is 53.2 Å². The smallest absolute Gasteiger partial charge is 0.270 e. The Morgan fingerprint density at radius 1 is 1.11 bits per heavy atom. The number of nitrogens with one attached hydrogen (secondary N) is 1. The fourth-order valence-electron chi connectivity index (χ4n) is 2.93. The summed E-state index contributed by atoms with van der Waals surface area (Å²) in [5, 5.41) is 1.10. The van der Waals surface area contributed by atoms with Crippen LogP contribution in [0.3, 0.4) is 0 Å². The molecule has 146 valence electrons. The van der Waals surface area contributed by atoms with Gasteiger partial charge in [0.15, 0.2) is 0 Å². The molecule has 0 radical (unpaired) electrons. The van der Waals surface area contributed by atoms with Crippen LogP contribution in [0, 0.1) is 18.9 Å². The number of para-hydroxylation sites is 1. The van der Waals surface area contributed by atoms with Crippen LogP contribution in [-0.2, 0) is 16.4 Å². The van der Waals surface area contributed by atoms with E-state index in [4.69, 9.17) is 11.6 Å². The van der Waals surface area contributed by atoms with Crippen molar-refractivity contribution in [2.75, 3.05) is 12.4 Å². The summed E-state index contributed by atoms with van der Waals surface area (Å²) in [7, 11) is -3.69. The van der Waals surface area contributed by atoms with Gasteiger partial charge in [-0.2, -0.15) is 0 Å². The number of fused-ring (bicyclic) bond motifs is 1. The quantitative estimate of drug-likeness (QED) is 0.264. The molecule has 0 saturated carbocycles. The lowest BCUT2D eigenvalue weighted by molar-refractivity contribution is 0.512. The molecule has 0 atom stereocenters. The van der Waals surface area contributed by atoms with Crippen LogP contribution in [-0.4, -0.2) is 30.1 Å². The molecule has 0 fully saturated rings. The molecule has 4 nitrogen and oxygen atoms in total. The molecule has 0 unspecified atom stereocenters. The molecule has 3 aromatic rings. The zero-order chi connectivity index (χ0) is 20.0. The van der Waals surface area contributed by atoms with Gasteiger partial charge in [-0.3, -0.25) is 0 Å². The van der Waals surface area contributed by atoms with Gasteiger partial charge in [0.1, 0.15) is 0 Å². The highest BCUT2D eigenvalue weighted by atomic mass is 35.5. The summed E-state index contributed by atoms with van der Waals surface area (Å²) >= 11 is 5.70. The van der Waals surface area contributed by atoms with E-state index in [1.807, 2.05) is 37.4 Å². The Balaban J connectivity index is 1.85. The molecular weight excluding hydrogens is 392 g/mol. The summed E-state index contributed by atoms with van der Waals surface area (Å²) in [5.41, 5.74) is 3.12. The van der Waals surface area contributed by atoms with Crippen LogP contribution in [0.25, 0.3) is 10.9 Å². The van der Waals surface area contributed by atoms with E-state index >= 15 is 0 Å². The van der Waals surface area contributed by atoms with Crippen LogP contribution in [0.1, 0.15) is 24.0 Å². The van der Waals surface area contributed by atoms with E-state index in [1.54, 1.807) is 24.3 Å². The zero-order valence-corrected chi connectivity index (χ0v) is 17.4. The number of halogens is 1. The molecule has 1 heterocycles. The molecule has 0 bridgehead atoms. The molecule has 3 rings (SSSR count). The Morgan fingerprint density at radius 2 is 1.86 bits per heavy atom. The number of hydrogen-bond donors (Lipinski definition) is 1. The van der Waals surface area contributed by atoms with Gasteiger partial charge in [-0.05, 0) is 43.5 Å². The first kappa shape index (κ1) is 20.3. The third-order valence-corrected chi connectivity index (χ3v) is 6.50. The van der Waals surface area contributed by atoms with Gasteiger partial charge < -0.3 is 4.98 Å². The molecule has 0 aliphatic carbocycles. The number of unbranched alkanes of at least 4 members (excludes halogenated alkanes) is 1. The number of benzene rings is 2. The average Bonchev–Trinajstić information content (AvgIpc) is 3.11. The third kappa shape index (κ3) is 4.70. The highest BCUT2D eigenvalue weighted by Crippen LogP contribution is 2.20. The molecule has 2 aromatic carbocycles. The number of rotatable bonds is 7. The third-order valence-electron chi connectivity index (χ3n) is 4.51. The minimum Gasteiger partial charge on any atom is -0.361 e. The Morgan fingerprint density at radius 3 is 2.61 bits per heavy atom. The van der Waals surface area contributed by atoms with Gasteiger partial charge in [-0.1, -0.05) is 41.8 Å². The molecule has 1 N–H and O–H groups in total. The monoisotopic (exact) mass is 414 g/mol. The van der Waals surface area contributed by atoms with Crippen molar-refractivity contribution in [3.8, 4) is 12.0 Å². The van der Waals surface area contributed by atoms with Gasteiger partial charge in [-0.25, -0.2) is 12.7 Å². The summed E-state index contributed by atoms with van der Waals surface area (Å²) < 4.78 is 27.5. The van der Waals surface area contributed by atoms with Crippen molar-refractivity contribution in [1.82, 2.24) is 9.29 Å². The maximum Gasteiger partial charge on any atom is 0.270 e. The van der Waals surface area contributed by atoms with E-state index < -0.39 is 10.0 Å². The Bertz CT molecular complexity index is 1090. The summed E-state index contributed by atoms with van der Waals surface area (Å²) in [6.45, 7) is 2.21. The number of aromatic amines is 1. The summed E-state index contributed by atoms with van der Waals surface area (Å²) in [6.07, 6.45) is 3.80. The lowest BCUT2D eigenvalue weighted by Gasteiger charge is -2.18. The van der Waals surface area contributed by atoms with E-state index in [-0.39, 0.29) is 11.4 Å². The van der Waals surface area contributed by atoms with Crippen molar-refractivity contribution in [3.63, 3.8) is 0 Å². The molecular formula is C22H23ClN2O2S. The lowest BCUT2D eigenvalue weighted by Crippen LogP contribution is -2.28. The molecule has 0 aliphatic rings. The molecule has 0 saturated heterocycles. The number of sulfonamides is 1. The fraction of sp³-hybridized carbons (Fsp3) is 0.273. The van der Waals surface area contributed by atoms with Gasteiger partial charge in [-0.15, -0.1) is 11.6 Å². The summed E-state index contributed by atoms with van der Waals surface area (Å²) in [4.78, 5) is 3.48. The van der Waals surface area contributed by atoms with E-state index in [2.05, 4.69) is 16.9 Å². The van der Waals surface area contributed by atoms with E-state index in [0.29, 0.717) is 18.7 Å². The summed E-state index contributed by atoms with van der Waals surface area (Å²) in [6, 6.07) is 17.7. The standard InChI is InChI=1S/C22H23ClN2O2S/c1-18-9-11-20(12-10-18)28(26,27)25(15-6-2-5-14-23)16-13-19-17-24-22-8-4-3-7-21(19)22/h3-4,7-12,17,24H,2,5,13-14,16H2,1H3. The van der Waals surface area contributed by atoms with Crippen LogP contribution >= 0.6 is 11.6 Å². The lowest BCUT2D eigenvalue weighted by atomic mass is 10.1. The molecule has 0 spiro atoms. The highest BCUT2D eigenvalue weighted by Gasteiger charge is 2.22. The normalized spacial score (nSPS) is 11.2. The van der Waals surface area contributed by atoms with Crippen LogP contribution in [0.15, 0.2) is 59.6 Å². The van der Waals surface area contributed by atoms with Crippen molar-refractivity contribution >= 4 is 32.5 Å². The van der Waals surface area contributed by atoms with Crippen molar-refractivity contribution in [3.05, 3.63) is 65.9 Å². The Kier molecular flexibility index (Phi) is 6.66. The molecule has 28 heavy (non-hydrogen) atoms. The number of alkyl halides is 1. The SMILES string of the molecule is Cc1ccc(S(=O)(=O)N(C#CCCCCl)CCc2c[nH]c3ccccc23)cc1. The van der Waals surface area contributed by atoms with Gasteiger partial charge in [0.2, 0.25) is 0 Å². The van der Waals surface area contributed by atoms with E-state index in [9.17, 15) is 8.42 Å². The molecule has 0 amide bonds.